The molecule has 3 heterocycles. The highest BCUT2D eigenvalue weighted by atomic mass is 31.2. The second-order valence-corrected chi connectivity index (χ2v) is 12.8. The number of nitrogens with one attached hydrogen (secondary N) is 1. The van der Waals surface area contributed by atoms with Crippen LogP contribution in [0.5, 0.6) is 0 Å². The van der Waals surface area contributed by atoms with E-state index in [1.54, 1.807) is 6.92 Å². The summed E-state index contributed by atoms with van der Waals surface area (Å²) >= 11 is 0. The van der Waals surface area contributed by atoms with Crippen molar-refractivity contribution in [2.75, 3.05) is 26.4 Å². The summed E-state index contributed by atoms with van der Waals surface area (Å²) in [6.07, 6.45) is 0.103. The van der Waals surface area contributed by atoms with Crippen molar-refractivity contribution in [2.24, 2.45) is 0 Å². The van der Waals surface area contributed by atoms with Gasteiger partial charge in [0.05, 0.1) is 51.4 Å². The average Bonchev–Trinajstić information content (AvgIpc) is 3.21. The zero-order chi connectivity index (χ0) is 28.8. The minimum Gasteiger partial charge on any atom is -0.344 e. The van der Waals surface area contributed by atoms with Crippen molar-refractivity contribution in [3.8, 4) is 12.1 Å². The second-order valence-electron chi connectivity index (χ2n) is 9.73. The van der Waals surface area contributed by atoms with Crippen LogP contribution in [0, 0.1) is 29.6 Å². The Morgan fingerprint density at radius 3 is 2.38 bits per heavy atom. The Labute approximate surface area is 228 Å². The molecular formula is C23H35N5O9P2. The third-order valence-electron chi connectivity index (χ3n) is 6.11. The van der Waals surface area contributed by atoms with Crippen molar-refractivity contribution in [1.82, 2.24) is 14.2 Å². The molecule has 0 aromatic carbocycles. The Bertz CT molecular complexity index is 1220. The van der Waals surface area contributed by atoms with Gasteiger partial charge in [-0.25, -0.2) is 14.0 Å². The van der Waals surface area contributed by atoms with Gasteiger partial charge in [0.25, 0.3) is 14.1 Å². The van der Waals surface area contributed by atoms with E-state index in [-0.39, 0.29) is 57.8 Å². The number of aryl methyl sites for hydroxylation is 1. The first-order chi connectivity index (χ1) is 18.4. The molecule has 0 bridgehead atoms. The van der Waals surface area contributed by atoms with Crippen LogP contribution in [0.3, 0.4) is 0 Å². The van der Waals surface area contributed by atoms with E-state index in [0.717, 1.165) is 0 Å². The molecule has 1 aromatic heterocycles. The molecule has 16 heteroatoms. The lowest BCUT2D eigenvalue weighted by molar-refractivity contribution is -0.163. The third-order valence-corrected chi connectivity index (χ3v) is 9.63. The monoisotopic (exact) mass is 587 g/mol. The summed E-state index contributed by atoms with van der Waals surface area (Å²) in [4.78, 5) is 26.9. The lowest BCUT2D eigenvalue weighted by Gasteiger charge is -2.42. The van der Waals surface area contributed by atoms with Crippen LogP contribution in [0.25, 0.3) is 0 Å². The zero-order valence-electron chi connectivity index (χ0n) is 22.7. The molecule has 1 N–H and O–H groups in total. The number of rotatable bonds is 12. The average molecular weight is 588 g/mol. The molecule has 3 unspecified atom stereocenters. The molecule has 0 saturated carbocycles. The van der Waals surface area contributed by atoms with E-state index in [0.29, 0.717) is 5.56 Å². The van der Waals surface area contributed by atoms with E-state index in [9.17, 15) is 14.2 Å². The number of ether oxygens (including phenoxy) is 1. The first-order valence-electron chi connectivity index (χ1n) is 12.6. The van der Waals surface area contributed by atoms with Crippen LogP contribution in [-0.2, 0) is 31.9 Å². The summed E-state index contributed by atoms with van der Waals surface area (Å²) < 4.78 is 51.4. The summed E-state index contributed by atoms with van der Waals surface area (Å²) in [5, 5.41) is 17.8. The number of nitriles is 2. The number of hydrogen-bond donors (Lipinski definition) is 1. The number of hydrogen-bond acceptors (Lipinski definition) is 12. The normalized spacial score (nSPS) is 27.7. The minimum atomic E-state index is -3.95. The fourth-order valence-electron chi connectivity index (χ4n) is 4.29. The second kappa shape index (κ2) is 13.6. The van der Waals surface area contributed by atoms with Gasteiger partial charge in [0.15, 0.2) is 0 Å². The molecule has 14 nitrogen and oxygen atoms in total. The number of phosphoric ester groups is 1. The van der Waals surface area contributed by atoms with Gasteiger partial charge in [-0.15, -0.1) is 0 Å². The first kappa shape index (κ1) is 31.6. The molecule has 3 rings (SSSR count). The van der Waals surface area contributed by atoms with Crippen LogP contribution in [0.2, 0.25) is 0 Å². The largest absolute Gasteiger partial charge is 0.475 e. The van der Waals surface area contributed by atoms with Crippen LogP contribution in [0.1, 0.15) is 58.7 Å². The molecule has 216 valence electrons. The molecule has 1 spiro atoms. The van der Waals surface area contributed by atoms with Crippen molar-refractivity contribution in [2.45, 2.75) is 83.9 Å². The smallest absolute Gasteiger partial charge is 0.344 e. The Balaban J connectivity index is 1.94. The van der Waals surface area contributed by atoms with Crippen molar-refractivity contribution >= 4 is 16.3 Å². The molecule has 39 heavy (non-hydrogen) atoms. The van der Waals surface area contributed by atoms with Crippen LogP contribution in [-0.4, -0.2) is 64.4 Å². The van der Waals surface area contributed by atoms with Crippen LogP contribution in [0.15, 0.2) is 15.8 Å². The topological polar surface area (TPSA) is 178 Å². The van der Waals surface area contributed by atoms with Crippen molar-refractivity contribution in [3.05, 3.63) is 32.6 Å². The number of aromatic nitrogens is 2. The quantitative estimate of drug-likeness (QED) is 0.279. The Morgan fingerprint density at radius 2 is 1.79 bits per heavy atom. The molecule has 2 aliphatic rings. The third kappa shape index (κ3) is 7.62. The predicted molar refractivity (Wildman–Crippen MR) is 139 cm³/mol. The molecule has 1 aromatic rings. The van der Waals surface area contributed by atoms with Crippen LogP contribution >= 0.6 is 16.3 Å². The van der Waals surface area contributed by atoms with Crippen LogP contribution < -0.4 is 11.2 Å². The van der Waals surface area contributed by atoms with Crippen LogP contribution in [0.4, 0.5) is 0 Å². The Kier molecular flexibility index (Phi) is 11.0. The number of aromatic amines is 1. The summed E-state index contributed by atoms with van der Waals surface area (Å²) in [6.45, 7) is 9.09. The van der Waals surface area contributed by atoms with Gasteiger partial charge >= 0.3 is 13.5 Å². The van der Waals surface area contributed by atoms with Gasteiger partial charge in [-0.1, -0.05) is 0 Å². The molecule has 2 aliphatic heterocycles. The molecule has 3 atom stereocenters. The fourth-order valence-corrected chi connectivity index (χ4v) is 7.39. The van der Waals surface area contributed by atoms with E-state index in [2.05, 4.69) is 11.1 Å². The number of phosphoric acid groups is 1. The van der Waals surface area contributed by atoms with Gasteiger partial charge in [-0.3, -0.25) is 27.9 Å². The maximum absolute atomic E-state index is 12.9. The van der Waals surface area contributed by atoms with E-state index in [4.69, 9.17) is 37.9 Å². The highest BCUT2D eigenvalue weighted by Crippen LogP contribution is 2.58. The van der Waals surface area contributed by atoms with Crippen molar-refractivity contribution in [1.29, 1.82) is 10.5 Å². The van der Waals surface area contributed by atoms with E-state index in [1.807, 2.05) is 38.4 Å². The number of nitrogens with zero attached hydrogens (tertiary/aromatic N) is 4. The molecular weight excluding hydrogens is 552 g/mol. The fraction of sp³-hybridized carbons (Fsp3) is 0.739. The summed E-state index contributed by atoms with van der Waals surface area (Å²) in [6, 6.07) is 4.02. The van der Waals surface area contributed by atoms with E-state index >= 15 is 0 Å². The van der Waals surface area contributed by atoms with Gasteiger partial charge in [0, 0.05) is 30.3 Å². The predicted octanol–water partition coefficient (Wildman–Crippen LogP) is 3.25. The van der Waals surface area contributed by atoms with Gasteiger partial charge in [0.1, 0.15) is 17.9 Å². The van der Waals surface area contributed by atoms with E-state index < -0.39 is 45.5 Å². The van der Waals surface area contributed by atoms with Gasteiger partial charge in [-0.2, -0.15) is 10.5 Å². The molecule has 2 saturated heterocycles. The van der Waals surface area contributed by atoms with Gasteiger partial charge < -0.3 is 13.8 Å². The van der Waals surface area contributed by atoms with Gasteiger partial charge in [-0.05, 0) is 34.6 Å². The van der Waals surface area contributed by atoms with E-state index in [1.165, 1.54) is 10.8 Å². The maximum Gasteiger partial charge on any atom is 0.475 e. The number of H-pyrrole nitrogens is 1. The molecule has 0 aliphatic carbocycles. The summed E-state index contributed by atoms with van der Waals surface area (Å²) in [5.41, 5.74) is -2.15. The minimum absolute atomic E-state index is 0.00517. The molecule has 0 radical (unpaired) electrons. The Morgan fingerprint density at radius 1 is 1.18 bits per heavy atom. The standard InChI is InChI=1S/C23H35N5O9P2/c1-16(2)28(17(3)4)38(32-10-6-8-24)37-19-12-20(27-13-18(5)21(29)26-22(27)30)36-23(19)14-34-39(31,35-15-23)33-11-7-9-25/h13,16-17,19-20H,6-7,10-12,14-15H2,1-5H3,(H,26,29,30). The molecule has 0 amide bonds. The summed E-state index contributed by atoms with van der Waals surface area (Å²) in [7, 11) is -5.65. The molecule has 2 fully saturated rings. The summed E-state index contributed by atoms with van der Waals surface area (Å²) in [5.74, 6) is 0. The Hall–Kier alpha value is -1.96. The SMILES string of the molecule is Cc1cn(C2CC(OP(OCCC#N)N(C(C)C)C(C)C)C3(COP(=O)(OCCC#N)OC3)O2)c(=O)[nH]c1=O. The van der Waals surface area contributed by atoms with Crippen molar-refractivity contribution < 1.29 is 31.9 Å². The highest BCUT2D eigenvalue weighted by molar-refractivity contribution is 7.48. The highest BCUT2D eigenvalue weighted by Gasteiger charge is 2.57. The van der Waals surface area contributed by atoms with Gasteiger partial charge in [0.2, 0.25) is 0 Å². The van der Waals surface area contributed by atoms with Crippen molar-refractivity contribution in [3.63, 3.8) is 0 Å². The zero-order valence-corrected chi connectivity index (χ0v) is 24.5. The maximum atomic E-state index is 12.9. The lowest BCUT2D eigenvalue weighted by atomic mass is 9.99. The lowest BCUT2D eigenvalue weighted by Crippen LogP contribution is -2.51. The first-order valence-corrected chi connectivity index (χ1v) is 15.2.